The summed E-state index contributed by atoms with van der Waals surface area (Å²) in [5.41, 5.74) is 0.766. The van der Waals surface area contributed by atoms with Crippen molar-refractivity contribution >= 4 is 17.2 Å². The largest absolute Gasteiger partial charge is 0.440 e. The lowest BCUT2D eigenvalue weighted by molar-refractivity contribution is -0.131. The van der Waals surface area contributed by atoms with Gasteiger partial charge in [0, 0.05) is 12.6 Å². The first kappa shape index (κ1) is 15.3. The number of carbonyl (C=O) groups is 1. The molecule has 2 aromatic rings. The minimum atomic E-state index is 0.172. The third-order valence-corrected chi connectivity index (χ3v) is 4.67. The number of oxazole rings is 1. The second-order valence-electron chi connectivity index (χ2n) is 6.35. The Labute approximate surface area is 135 Å². The minimum Gasteiger partial charge on any atom is -0.440 e. The monoisotopic (exact) mass is 318 g/mol. The Morgan fingerprint density at radius 3 is 2.86 bits per heavy atom. The first-order valence-corrected chi connectivity index (χ1v) is 8.72. The predicted molar refractivity (Wildman–Crippen MR) is 87.8 cm³/mol. The molecule has 0 saturated heterocycles. The van der Waals surface area contributed by atoms with Crippen LogP contribution in [-0.4, -0.2) is 28.4 Å². The van der Waals surface area contributed by atoms with Crippen LogP contribution in [0.5, 0.6) is 0 Å². The van der Waals surface area contributed by atoms with Gasteiger partial charge >= 0.3 is 0 Å². The fourth-order valence-electron chi connectivity index (χ4n) is 2.58. The van der Waals surface area contributed by atoms with E-state index in [0.29, 0.717) is 24.3 Å². The summed E-state index contributed by atoms with van der Waals surface area (Å²) in [6, 6.07) is 4.40. The van der Waals surface area contributed by atoms with Crippen molar-refractivity contribution in [2.45, 2.75) is 46.1 Å². The summed E-state index contributed by atoms with van der Waals surface area (Å²) >= 11 is 1.59. The molecular weight excluding hydrogens is 296 g/mol. The van der Waals surface area contributed by atoms with E-state index in [1.807, 2.05) is 29.3 Å². The van der Waals surface area contributed by atoms with E-state index in [4.69, 9.17) is 4.42 Å². The number of nitrogens with zero attached hydrogens (tertiary/aromatic N) is 2. The molecule has 0 aromatic carbocycles. The van der Waals surface area contributed by atoms with Crippen LogP contribution in [0, 0.1) is 12.8 Å². The zero-order chi connectivity index (χ0) is 15.7. The van der Waals surface area contributed by atoms with E-state index in [1.54, 1.807) is 11.3 Å². The van der Waals surface area contributed by atoms with E-state index in [1.165, 1.54) is 0 Å². The van der Waals surface area contributed by atoms with Gasteiger partial charge in [-0.2, -0.15) is 0 Å². The van der Waals surface area contributed by atoms with Gasteiger partial charge in [-0.3, -0.25) is 4.79 Å². The standard InChI is InChI=1S/C17H22N2O2S/c1-11(2)10-19(13-6-7-13)16(20)9-14-12(3)21-17(18-14)15-5-4-8-22-15/h4-5,8,11,13H,6-7,9-10H2,1-3H3. The number of aryl methyl sites for hydroxylation is 1. The summed E-state index contributed by atoms with van der Waals surface area (Å²) < 4.78 is 5.73. The third-order valence-electron chi connectivity index (χ3n) is 3.81. The van der Waals surface area contributed by atoms with Gasteiger partial charge in [0.25, 0.3) is 0 Å². The third kappa shape index (κ3) is 3.40. The molecule has 1 aliphatic carbocycles. The van der Waals surface area contributed by atoms with Crippen LogP contribution >= 0.6 is 11.3 Å². The van der Waals surface area contributed by atoms with Crippen molar-refractivity contribution in [1.29, 1.82) is 0 Å². The number of hydrogen-bond acceptors (Lipinski definition) is 4. The van der Waals surface area contributed by atoms with Crippen LogP contribution in [0.25, 0.3) is 10.8 Å². The highest BCUT2D eigenvalue weighted by atomic mass is 32.1. The van der Waals surface area contributed by atoms with Crippen molar-refractivity contribution in [3.63, 3.8) is 0 Å². The van der Waals surface area contributed by atoms with Crippen molar-refractivity contribution in [3.8, 4) is 10.8 Å². The van der Waals surface area contributed by atoms with Gasteiger partial charge in [0.2, 0.25) is 11.8 Å². The molecule has 22 heavy (non-hydrogen) atoms. The number of amides is 1. The molecule has 0 spiro atoms. The van der Waals surface area contributed by atoms with Gasteiger partial charge in [0.05, 0.1) is 17.0 Å². The summed E-state index contributed by atoms with van der Waals surface area (Å²) in [4.78, 5) is 20.2. The van der Waals surface area contributed by atoms with Crippen molar-refractivity contribution in [3.05, 3.63) is 29.0 Å². The molecule has 1 amide bonds. The molecule has 0 bridgehead atoms. The highest BCUT2D eigenvalue weighted by Crippen LogP contribution is 2.29. The Bertz CT molecular complexity index is 642. The summed E-state index contributed by atoms with van der Waals surface area (Å²) in [6.45, 7) is 7.02. The molecule has 2 aromatic heterocycles. The first-order chi connectivity index (χ1) is 10.5. The lowest BCUT2D eigenvalue weighted by atomic mass is 10.1. The zero-order valence-corrected chi connectivity index (χ0v) is 14.2. The van der Waals surface area contributed by atoms with Gasteiger partial charge in [-0.1, -0.05) is 19.9 Å². The Morgan fingerprint density at radius 1 is 1.50 bits per heavy atom. The van der Waals surface area contributed by atoms with Gasteiger partial charge in [0.1, 0.15) is 5.76 Å². The van der Waals surface area contributed by atoms with Gasteiger partial charge in [0.15, 0.2) is 0 Å². The fraction of sp³-hybridized carbons (Fsp3) is 0.529. The van der Waals surface area contributed by atoms with E-state index in [2.05, 4.69) is 18.8 Å². The molecule has 0 radical (unpaired) electrons. The molecule has 2 heterocycles. The van der Waals surface area contributed by atoms with Crippen LogP contribution in [-0.2, 0) is 11.2 Å². The highest BCUT2D eigenvalue weighted by Gasteiger charge is 2.33. The van der Waals surface area contributed by atoms with Crippen molar-refractivity contribution in [2.75, 3.05) is 6.54 Å². The average Bonchev–Trinajstić information content (AvgIpc) is 3.02. The summed E-state index contributed by atoms with van der Waals surface area (Å²) in [7, 11) is 0. The topological polar surface area (TPSA) is 46.3 Å². The number of hydrogen-bond donors (Lipinski definition) is 0. The fourth-order valence-corrected chi connectivity index (χ4v) is 3.23. The second kappa shape index (κ2) is 6.24. The molecule has 118 valence electrons. The molecule has 4 nitrogen and oxygen atoms in total. The number of rotatable bonds is 6. The molecule has 1 saturated carbocycles. The summed E-state index contributed by atoms with van der Waals surface area (Å²) in [5.74, 6) is 2.03. The number of thiophene rings is 1. The molecule has 3 rings (SSSR count). The SMILES string of the molecule is Cc1oc(-c2cccs2)nc1CC(=O)N(CC(C)C)C1CC1. The predicted octanol–water partition coefficient (Wildman–Crippen LogP) is 3.90. The normalized spacial score (nSPS) is 14.5. The van der Waals surface area contributed by atoms with E-state index in [-0.39, 0.29) is 5.91 Å². The molecular formula is C17H22N2O2S. The van der Waals surface area contributed by atoms with E-state index >= 15 is 0 Å². The maximum Gasteiger partial charge on any atom is 0.236 e. The van der Waals surface area contributed by atoms with Crippen molar-refractivity contribution in [2.24, 2.45) is 5.92 Å². The molecule has 1 aliphatic rings. The second-order valence-corrected chi connectivity index (χ2v) is 7.29. The van der Waals surface area contributed by atoms with Gasteiger partial charge in [-0.05, 0) is 37.1 Å². The first-order valence-electron chi connectivity index (χ1n) is 7.84. The number of aromatic nitrogens is 1. The molecule has 1 fully saturated rings. The molecule has 0 unspecified atom stereocenters. The van der Waals surface area contributed by atoms with E-state index in [0.717, 1.165) is 35.7 Å². The molecule has 0 atom stereocenters. The van der Waals surface area contributed by atoms with E-state index in [9.17, 15) is 4.79 Å². The Morgan fingerprint density at radius 2 is 2.27 bits per heavy atom. The maximum absolute atomic E-state index is 12.6. The smallest absolute Gasteiger partial charge is 0.236 e. The quantitative estimate of drug-likeness (QED) is 0.811. The van der Waals surface area contributed by atoms with Crippen molar-refractivity contribution < 1.29 is 9.21 Å². The lowest BCUT2D eigenvalue weighted by Crippen LogP contribution is -2.37. The average molecular weight is 318 g/mol. The van der Waals surface area contributed by atoms with Crippen LogP contribution in [0.15, 0.2) is 21.9 Å². The van der Waals surface area contributed by atoms with Crippen LogP contribution in [0.3, 0.4) is 0 Å². The minimum absolute atomic E-state index is 0.172. The molecule has 0 N–H and O–H groups in total. The van der Waals surface area contributed by atoms with Gasteiger partial charge in [-0.25, -0.2) is 4.98 Å². The Balaban J connectivity index is 1.73. The zero-order valence-electron chi connectivity index (χ0n) is 13.3. The van der Waals surface area contributed by atoms with Crippen LogP contribution < -0.4 is 0 Å². The molecule has 0 aliphatic heterocycles. The van der Waals surface area contributed by atoms with Crippen molar-refractivity contribution in [1.82, 2.24) is 9.88 Å². The lowest BCUT2D eigenvalue weighted by Gasteiger charge is -2.24. The van der Waals surface area contributed by atoms with Crippen LogP contribution in [0.4, 0.5) is 0 Å². The number of carbonyl (C=O) groups excluding carboxylic acids is 1. The maximum atomic E-state index is 12.6. The summed E-state index contributed by atoms with van der Waals surface area (Å²) in [5, 5.41) is 2.00. The van der Waals surface area contributed by atoms with E-state index < -0.39 is 0 Å². The van der Waals surface area contributed by atoms with Gasteiger partial charge in [-0.15, -0.1) is 11.3 Å². The van der Waals surface area contributed by atoms with Gasteiger partial charge < -0.3 is 9.32 Å². The Kier molecular flexibility index (Phi) is 4.34. The van der Waals surface area contributed by atoms with Crippen LogP contribution in [0.2, 0.25) is 0 Å². The highest BCUT2D eigenvalue weighted by molar-refractivity contribution is 7.13. The molecule has 5 heteroatoms. The van der Waals surface area contributed by atoms with Crippen LogP contribution in [0.1, 0.15) is 38.1 Å². The summed E-state index contributed by atoms with van der Waals surface area (Å²) in [6.07, 6.45) is 2.61. The Hall–Kier alpha value is -1.62.